The Balaban J connectivity index is 2.43. The first-order valence-electron chi connectivity index (χ1n) is 6.88. The number of ether oxygens (including phenoxy) is 2. The van der Waals surface area contributed by atoms with Crippen molar-refractivity contribution in [2.75, 3.05) is 27.3 Å². The van der Waals surface area contributed by atoms with Gasteiger partial charge in [-0.15, -0.1) is 0 Å². The Labute approximate surface area is 126 Å². The first-order chi connectivity index (χ1) is 9.90. The van der Waals surface area contributed by atoms with E-state index in [1.807, 2.05) is 13.8 Å². The topological polar surface area (TPSA) is 67.9 Å². The zero-order chi connectivity index (χ0) is 15.6. The molecule has 2 rings (SSSR count). The van der Waals surface area contributed by atoms with Gasteiger partial charge in [0.2, 0.25) is 10.0 Å². The lowest BCUT2D eigenvalue weighted by atomic mass is 10.1. The van der Waals surface area contributed by atoms with Crippen LogP contribution in [-0.4, -0.2) is 52.1 Å². The molecule has 0 saturated carbocycles. The van der Waals surface area contributed by atoms with Crippen molar-refractivity contribution >= 4 is 10.0 Å². The highest BCUT2D eigenvalue weighted by Gasteiger charge is 2.34. The number of piperazine rings is 1. The third kappa shape index (κ3) is 3.14. The number of nitrogens with zero attached hydrogens (tertiary/aromatic N) is 1. The molecule has 1 aliphatic heterocycles. The highest BCUT2D eigenvalue weighted by atomic mass is 32.2. The zero-order valence-corrected chi connectivity index (χ0v) is 13.6. The number of nitrogens with one attached hydrogen (secondary N) is 1. The summed E-state index contributed by atoms with van der Waals surface area (Å²) in [4.78, 5) is 0.194. The molecule has 1 fully saturated rings. The second kappa shape index (κ2) is 6.21. The number of rotatable bonds is 4. The predicted octanol–water partition coefficient (Wildman–Crippen LogP) is 1.07. The van der Waals surface area contributed by atoms with Gasteiger partial charge in [0, 0.05) is 43.4 Å². The van der Waals surface area contributed by atoms with Gasteiger partial charge in [-0.3, -0.25) is 0 Å². The van der Waals surface area contributed by atoms with Crippen LogP contribution in [0, 0.1) is 0 Å². The summed E-state index contributed by atoms with van der Waals surface area (Å²) in [6.45, 7) is 4.99. The SMILES string of the molecule is COc1cc(OC)cc(S(=O)(=O)N2CCNC(C)C2C)c1. The molecule has 2 atom stereocenters. The fourth-order valence-electron chi connectivity index (χ4n) is 2.43. The van der Waals surface area contributed by atoms with Crippen LogP contribution in [0.15, 0.2) is 23.1 Å². The molecule has 0 aromatic heterocycles. The summed E-state index contributed by atoms with van der Waals surface area (Å²) in [6.07, 6.45) is 0. The van der Waals surface area contributed by atoms with Crippen LogP contribution < -0.4 is 14.8 Å². The van der Waals surface area contributed by atoms with Crippen molar-refractivity contribution in [3.63, 3.8) is 0 Å². The summed E-state index contributed by atoms with van der Waals surface area (Å²) >= 11 is 0. The second-order valence-corrected chi connectivity index (χ2v) is 7.04. The van der Waals surface area contributed by atoms with Crippen molar-refractivity contribution in [2.45, 2.75) is 30.8 Å². The van der Waals surface area contributed by atoms with E-state index >= 15 is 0 Å². The Bertz CT molecular complexity index is 581. The lowest BCUT2D eigenvalue weighted by molar-refractivity contribution is 0.232. The maximum Gasteiger partial charge on any atom is 0.243 e. The molecule has 1 aromatic carbocycles. The van der Waals surface area contributed by atoms with E-state index in [2.05, 4.69) is 5.32 Å². The van der Waals surface area contributed by atoms with Gasteiger partial charge < -0.3 is 14.8 Å². The first-order valence-corrected chi connectivity index (χ1v) is 8.32. The average Bonchev–Trinajstić information content (AvgIpc) is 2.49. The van der Waals surface area contributed by atoms with E-state index in [0.29, 0.717) is 24.6 Å². The molecule has 21 heavy (non-hydrogen) atoms. The predicted molar refractivity (Wildman–Crippen MR) is 80.4 cm³/mol. The summed E-state index contributed by atoms with van der Waals surface area (Å²) in [5.41, 5.74) is 0. The maximum absolute atomic E-state index is 12.9. The third-order valence-corrected chi connectivity index (χ3v) is 5.87. The Morgan fingerprint density at radius 3 is 2.24 bits per heavy atom. The fourth-order valence-corrected chi connectivity index (χ4v) is 4.18. The van der Waals surface area contributed by atoms with E-state index in [-0.39, 0.29) is 17.0 Å². The van der Waals surface area contributed by atoms with Gasteiger partial charge in [0.1, 0.15) is 11.5 Å². The average molecular weight is 314 g/mol. The Kier molecular flexibility index (Phi) is 4.75. The Morgan fingerprint density at radius 1 is 1.14 bits per heavy atom. The molecule has 6 nitrogen and oxygen atoms in total. The van der Waals surface area contributed by atoms with E-state index in [0.717, 1.165) is 0 Å². The van der Waals surface area contributed by atoms with Crippen molar-refractivity contribution in [1.29, 1.82) is 0 Å². The fraction of sp³-hybridized carbons (Fsp3) is 0.571. The maximum atomic E-state index is 12.9. The van der Waals surface area contributed by atoms with Crippen molar-refractivity contribution in [3.05, 3.63) is 18.2 Å². The molecule has 1 N–H and O–H groups in total. The molecular weight excluding hydrogens is 292 g/mol. The van der Waals surface area contributed by atoms with Gasteiger partial charge in [-0.25, -0.2) is 8.42 Å². The molecule has 1 aliphatic rings. The molecule has 1 aromatic rings. The van der Waals surface area contributed by atoms with Gasteiger partial charge >= 0.3 is 0 Å². The van der Waals surface area contributed by atoms with Crippen molar-refractivity contribution in [3.8, 4) is 11.5 Å². The van der Waals surface area contributed by atoms with Crippen LogP contribution in [0.1, 0.15) is 13.8 Å². The minimum absolute atomic E-state index is 0.110. The highest BCUT2D eigenvalue weighted by Crippen LogP contribution is 2.29. The van der Waals surface area contributed by atoms with Crippen LogP contribution in [0.2, 0.25) is 0 Å². The normalized spacial score (nSPS) is 23.8. The van der Waals surface area contributed by atoms with Gasteiger partial charge in [-0.2, -0.15) is 4.31 Å². The first kappa shape index (κ1) is 16.1. The van der Waals surface area contributed by atoms with Gasteiger partial charge in [-0.05, 0) is 13.8 Å². The molecular formula is C14H22N2O4S. The Hall–Kier alpha value is -1.31. The van der Waals surface area contributed by atoms with Gasteiger partial charge in [0.05, 0.1) is 19.1 Å². The van der Waals surface area contributed by atoms with Crippen LogP contribution in [0.3, 0.4) is 0 Å². The zero-order valence-electron chi connectivity index (χ0n) is 12.8. The van der Waals surface area contributed by atoms with E-state index in [4.69, 9.17) is 9.47 Å². The number of hydrogen-bond acceptors (Lipinski definition) is 5. The lowest BCUT2D eigenvalue weighted by Crippen LogP contribution is -2.57. The molecule has 0 radical (unpaired) electrons. The number of benzene rings is 1. The van der Waals surface area contributed by atoms with Crippen molar-refractivity contribution < 1.29 is 17.9 Å². The van der Waals surface area contributed by atoms with E-state index in [9.17, 15) is 8.42 Å². The molecule has 0 spiro atoms. The quantitative estimate of drug-likeness (QED) is 0.900. The molecule has 0 amide bonds. The highest BCUT2D eigenvalue weighted by molar-refractivity contribution is 7.89. The van der Waals surface area contributed by atoms with Crippen LogP contribution in [-0.2, 0) is 10.0 Å². The molecule has 1 saturated heterocycles. The van der Waals surface area contributed by atoms with Gasteiger partial charge in [0.15, 0.2) is 0 Å². The smallest absolute Gasteiger partial charge is 0.243 e. The molecule has 0 bridgehead atoms. The monoisotopic (exact) mass is 314 g/mol. The largest absolute Gasteiger partial charge is 0.497 e. The van der Waals surface area contributed by atoms with Gasteiger partial charge in [0.25, 0.3) is 0 Å². The van der Waals surface area contributed by atoms with E-state index in [1.165, 1.54) is 30.7 Å². The molecule has 118 valence electrons. The van der Waals surface area contributed by atoms with Crippen molar-refractivity contribution in [2.24, 2.45) is 0 Å². The summed E-state index contributed by atoms with van der Waals surface area (Å²) in [7, 11) is -0.575. The van der Waals surface area contributed by atoms with Crippen LogP contribution in [0.25, 0.3) is 0 Å². The minimum Gasteiger partial charge on any atom is -0.497 e. The standard InChI is InChI=1S/C14H22N2O4S/c1-10-11(2)16(6-5-15-10)21(17,18)14-8-12(19-3)7-13(9-14)20-4/h7-11,15H,5-6H2,1-4H3. The number of methoxy groups -OCH3 is 2. The molecule has 2 unspecified atom stereocenters. The summed E-state index contributed by atoms with van der Waals surface area (Å²) in [5, 5.41) is 3.27. The summed E-state index contributed by atoms with van der Waals surface area (Å²) < 4.78 is 37.6. The van der Waals surface area contributed by atoms with Crippen LogP contribution in [0.4, 0.5) is 0 Å². The number of hydrogen-bond donors (Lipinski definition) is 1. The van der Waals surface area contributed by atoms with E-state index < -0.39 is 10.0 Å². The summed E-state index contributed by atoms with van der Waals surface area (Å²) in [6, 6.07) is 4.71. The molecule has 7 heteroatoms. The molecule has 0 aliphatic carbocycles. The number of sulfonamides is 1. The Morgan fingerprint density at radius 2 is 1.71 bits per heavy atom. The summed E-state index contributed by atoms with van der Waals surface area (Å²) in [5.74, 6) is 0.924. The van der Waals surface area contributed by atoms with E-state index in [1.54, 1.807) is 6.07 Å². The third-order valence-electron chi connectivity index (χ3n) is 3.91. The van der Waals surface area contributed by atoms with Crippen LogP contribution >= 0.6 is 0 Å². The minimum atomic E-state index is -3.58. The van der Waals surface area contributed by atoms with Gasteiger partial charge in [-0.1, -0.05) is 0 Å². The lowest BCUT2D eigenvalue weighted by Gasteiger charge is -2.37. The second-order valence-electron chi connectivity index (χ2n) is 5.15. The van der Waals surface area contributed by atoms with Crippen LogP contribution in [0.5, 0.6) is 11.5 Å². The van der Waals surface area contributed by atoms with Crippen molar-refractivity contribution in [1.82, 2.24) is 9.62 Å². The molecule has 1 heterocycles.